The molecule has 3 nitrogen and oxygen atoms in total. The summed E-state index contributed by atoms with van der Waals surface area (Å²) in [7, 11) is 0. The maximum atomic E-state index is 9.88. The van der Waals surface area contributed by atoms with Gasteiger partial charge in [0.25, 0.3) is 0 Å². The van der Waals surface area contributed by atoms with E-state index in [1.165, 1.54) is 0 Å². The van der Waals surface area contributed by atoms with Crippen LogP contribution in [0.5, 0.6) is 0 Å². The van der Waals surface area contributed by atoms with Crippen molar-refractivity contribution >= 4 is 5.97 Å². The molecule has 0 atom stereocenters. The first-order chi connectivity index (χ1) is 4.09. The van der Waals surface area contributed by atoms with Crippen molar-refractivity contribution in [3.8, 4) is 0 Å². The number of carbonyl (C=O) groups is 1. The summed E-state index contributed by atoms with van der Waals surface area (Å²) in [5.41, 5.74) is 4.88. The topological polar surface area (TPSA) is 63.3 Å². The molecule has 3 N–H and O–H groups in total. The van der Waals surface area contributed by atoms with Crippen LogP contribution in [0, 0.1) is 0 Å². The predicted molar refractivity (Wildman–Crippen MR) is 25.8 cm³/mol. The van der Waals surface area contributed by atoms with Gasteiger partial charge in [0.05, 0.1) is 2.74 Å². The van der Waals surface area contributed by atoms with Crippen LogP contribution in [0.3, 0.4) is 0 Å². The van der Waals surface area contributed by atoms with E-state index >= 15 is 0 Å². The van der Waals surface area contributed by atoms with Gasteiger partial charge in [-0.1, -0.05) is 6.05 Å². The van der Waals surface area contributed by atoms with Crippen LogP contribution in [0.25, 0.3) is 0 Å². The Morgan fingerprint density at radius 2 is 2.71 bits per heavy atom. The number of rotatable bonds is 2. The second-order valence-electron chi connectivity index (χ2n) is 0.811. The van der Waals surface area contributed by atoms with Crippen LogP contribution in [0.1, 0.15) is 2.74 Å². The van der Waals surface area contributed by atoms with Crippen molar-refractivity contribution in [2.45, 2.75) is 0 Å². The number of aliphatic carboxylic acids is 1. The largest absolute Gasteiger partial charge is 0.478 e. The Hall–Kier alpha value is -0.830. The SMILES string of the molecule is [3H]/C(CN)=C(/[3H])C(=O)O. The summed E-state index contributed by atoms with van der Waals surface area (Å²) in [6.45, 7) is -0.203. The van der Waals surface area contributed by atoms with E-state index in [4.69, 9.17) is 13.6 Å². The Morgan fingerprint density at radius 3 is 2.86 bits per heavy atom. The minimum Gasteiger partial charge on any atom is -0.478 e. The molecule has 0 aromatic carbocycles. The van der Waals surface area contributed by atoms with Gasteiger partial charge in [0.2, 0.25) is 0 Å². The minimum absolute atomic E-state index is 0.203. The highest BCUT2D eigenvalue weighted by Gasteiger charge is 1.79. The maximum Gasteiger partial charge on any atom is 0.328 e. The molecule has 7 heavy (non-hydrogen) atoms. The molecule has 0 aromatic heterocycles. The average Bonchev–Trinajstić information content (AvgIpc) is 1.84. The summed E-state index contributed by atoms with van der Waals surface area (Å²) >= 11 is 0. The quantitative estimate of drug-likeness (QED) is 0.469. The maximum absolute atomic E-state index is 9.88. The summed E-state index contributed by atoms with van der Waals surface area (Å²) in [5.74, 6) is -1.41. The fraction of sp³-hybridized carbons (Fsp3) is 0.250. The molecule has 0 rings (SSSR count). The van der Waals surface area contributed by atoms with Crippen LogP contribution in [0.4, 0.5) is 0 Å². The zero-order chi connectivity index (χ0) is 7.44. The van der Waals surface area contributed by atoms with Crippen LogP contribution in [0.2, 0.25) is 0 Å². The molecule has 3 heteroatoms. The molecule has 0 bridgehead atoms. The van der Waals surface area contributed by atoms with E-state index < -0.39 is 12.0 Å². The third kappa shape index (κ3) is 5.17. The van der Waals surface area contributed by atoms with Crippen LogP contribution in [-0.2, 0) is 4.79 Å². The van der Waals surface area contributed by atoms with Gasteiger partial charge < -0.3 is 10.8 Å². The van der Waals surface area contributed by atoms with Crippen molar-refractivity contribution in [1.82, 2.24) is 0 Å². The molecule has 0 fully saturated rings. The fourth-order valence-electron chi connectivity index (χ4n) is 0.127. The number of hydrogen-bond acceptors (Lipinski definition) is 2. The van der Waals surface area contributed by atoms with Crippen molar-refractivity contribution in [2.24, 2.45) is 5.73 Å². The third-order valence-corrected chi connectivity index (χ3v) is 0.297. The molecule has 0 radical (unpaired) electrons. The normalized spacial score (nSPS) is 16.7. The Kier molecular flexibility index (Phi) is 1.54. The van der Waals surface area contributed by atoms with Crippen molar-refractivity contribution in [1.29, 1.82) is 0 Å². The molecule has 0 saturated heterocycles. The van der Waals surface area contributed by atoms with E-state index in [2.05, 4.69) is 0 Å². The van der Waals surface area contributed by atoms with E-state index in [0.29, 0.717) is 0 Å². The molecule has 0 aliphatic carbocycles. The highest BCUT2D eigenvalue weighted by molar-refractivity contribution is 5.79. The third-order valence-electron chi connectivity index (χ3n) is 0.297. The molecule has 0 aliphatic heterocycles. The number of hydrogen-bond donors (Lipinski definition) is 2. The molecular weight excluding hydrogens is 94.0 g/mol. The second-order valence-corrected chi connectivity index (χ2v) is 0.811. The van der Waals surface area contributed by atoms with Crippen molar-refractivity contribution in [3.63, 3.8) is 0 Å². The van der Waals surface area contributed by atoms with E-state index in [1.54, 1.807) is 0 Å². The Morgan fingerprint density at radius 1 is 2.14 bits per heavy atom. The van der Waals surface area contributed by atoms with Gasteiger partial charge in [0.1, 0.15) is 0 Å². The van der Waals surface area contributed by atoms with Crippen LogP contribution < -0.4 is 5.73 Å². The van der Waals surface area contributed by atoms with Gasteiger partial charge in [-0.2, -0.15) is 0 Å². The number of carboxylic acid groups (broad SMARTS) is 1. The van der Waals surface area contributed by atoms with E-state index in [9.17, 15) is 4.79 Å². The summed E-state index contributed by atoms with van der Waals surface area (Å²) in [4.78, 5) is 9.88. The van der Waals surface area contributed by atoms with Crippen LogP contribution >= 0.6 is 0 Å². The first-order valence-electron chi connectivity index (χ1n) is 2.69. The molecule has 0 aliphatic rings. The van der Waals surface area contributed by atoms with E-state index in [-0.39, 0.29) is 12.6 Å². The Balaban J connectivity index is 4.28. The zero-order valence-electron chi connectivity index (χ0n) is 5.64. The lowest BCUT2D eigenvalue weighted by Gasteiger charge is -1.74. The average molecular weight is 105 g/mol. The molecule has 0 saturated carbocycles. The monoisotopic (exact) mass is 105 g/mol. The molecular formula is C4H7NO2. The standard InChI is InChI=1S/C4H7NO2/c5-3-1-2-4(6)7/h1-2H,3,5H2,(H,6,7)/b2-1+/i1T,2T. The fourth-order valence-corrected chi connectivity index (χ4v) is 0.127. The summed E-state index contributed by atoms with van der Waals surface area (Å²) in [6, 6.07) is -1.10. The highest BCUT2D eigenvalue weighted by Crippen LogP contribution is 1.65. The van der Waals surface area contributed by atoms with Crippen molar-refractivity contribution < 1.29 is 12.6 Å². The zero-order valence-corrected chi connectivity index (χ0v) is 3.64. The lowest BCUT2D eigenvalue weighted by atomic mass is 10.5. The van der Waals surface area contributed by atoms with Crippen LogP contribution in [-0.4, -0.2) is 17.6 Å². The van der Waals surface area contributed by atoms with Gasteiger partial charge in [-0.15, -0.1) is 0 Å². The van der Waals surface area contributed by atoms with Gasteiger partial charge in [-0.05, 0) is 0 Å². The molecule has 0 spiro atoms. The summed E-state index contributed by atoms with van der Waals surface area (Å²) in [6.07, 6.45) is 0. The first-order valence-corrected chi connectivity index (χ1v) is 1.69. The lowest BCUT2D eigenvalue weighted by Crippen LogP contribution is -1.95. The predicted octanol–water partition coefficient (Wildman–Crippen LogP) is -0.414. The van der Waals surface area contributed by atoms with Gasteiger partial charge in [-0.3, -0.25) is 0 Å². The minimum atomic E-state index is -1.41. The molecule has 0 heterocycles. The first kappa shape index (κ1) is 3.21. The highest BCUT2D eigenvalue weighted by atomic mass is 16.4. The van der Waals surface area contributed by atoms with Crippen molar-refractivity contribution in [3.05, 3.63) is 12.1 Å². The number of carboxylic acids is 1. The van der Waals surface area contributed by atoms with E-state index in [1.807, 2.05) is 0 Å². The van der Waals surface area contributed by atoms with E-state index in [0.717, 1.165) is 0 Å². The second kappa shape index (κ2) is 3.36. The molecule has 0 amide bonds. The molecule has 0 unspecified atom stereocenters. The lowest BCUT2D eigenvalue weighted by molar-refractivity contribution is -0.131. The van der Waals surface area contributed by atoms with Gasteiger partial charge in [-0.25, -0.2) is 4.79 Å². The van der Waals surface area contributed by atoms with Gasteiger partial charge in [0.15, 0.2) is 0 Å². The van der Waals surface area contributed by atoms with Gasteiger partial charge >= 0.3 is 5.97 Å². The van der Waals surface area contributed by atoms with Gasteiger partial charge in [0, 0.05) is 12.6 Å². The molecule has 40 valence electrons. The molecule has 0 aromatic rings. The Bertz CT molecular complexity index is 155. The smallest absolute Gasteiger partial charge is 0.328 e. The van der Waals surface area contributed by atoms with Crippen molar-refractivity contribution in [2.75, 3.05) is 6.54 Å². The Labute approximate surface area is 44.3 Å². The summed E-state index contributed by atoms with van der Waals surface area (Å²) in [5, 5.41) is 8.06. The summed E-state index contributed by atoms with van der Waals surface area (Å²) < 4.78 is 13.4. The van der Waals surface area contributed by atoms with Crippen LogP contribution in [0.15, 0.2) is 12.1 Å². The number of nitrogens with two attached hydrogens (primary N) is 1.